The van der Waals surface area contributed by atoms with Crippen LogP contribution in [-0.2, 0) is 0 Å². The zero-order chi connectivity index (χ0) is 16.8. The van der Waals surface area contributed by atoms with Crippen molar-refractivity contribution in [2.45, 2.75) is 64.5 Å². The smallest absolute Gasteiger partial charge is 0.253 e. The van der Waals surface area contributed by atoms with Gasteiger partial charge in [0.05, 0.1) is 13.2 Å². The van der Waals surface area contributed by atoms with Gasteiger partial charge in [0.25, 0.3) is 5.91 Å². The van der Waals surface area contributed by atoms with Gasteiger partial charge in [-0.1, -0.05) is 25.7 Å². The van der Waals surface area contributed by atoms with E-state index >= 15 is 0 Å². The van der Waals surface area contributed by atoms with E-state index in [0.29, 0.717) is 23.1 Å². The van der Waals surface area contributed by atoms with E-state index in [1.54, 1.807) is 13.2 Å². The molecule has 0 saturated heterocycles. The number of nitrogens with zero attached hydrogens (tertiary/aromatic N) is 1. The molecule has 4 nitrogen and oxygen atoms in total. The van der Waals surface area contributed by atoms with E-state index in [1.807, 2.05) is 37.9 Å². The Kier molecular flexibility index (Phi) is 6.31. The van der Waals surface area contributed by atoms with Gasteiger partial charge in [0.1, 0.15) is 0 Å². The largest absolute Gasteiger partial charge is 0.493 e. The summed E-state index contributed by atoms with van der Waals surface area (Å²) >= 11 is 0. The number of amides is 1. The molecule has 0 spiro atoms. The molecule has 1 amide bonds. The molecule has 0 aromatic heterocycles. The maximum atomic E-state index is 12.8. The standard InChI is InChI=1S/C19H29NO3/c1-14(2)23-17-12-11-15(13-18(17)22-4)19(21)20(3)16-9-7-5-6-8-10-16/h11-14,16H,5-10H2,1-4H3. The first kappa shape index (κ1) is 17.6. The minimum Gasteiger partial charge on any atom is -0.493 e. The average Bonchev–Trinajstić information content (AvgIpc) is 2.82. The monoisotopic (exact) mass is 319 g/mol. The highest BCUT2D eigenvalue weighted by molar-refractivity contribution is 5.95. The maximum absolute atomic E-state index is 12.8. The van der Waals surface area contributed by atoms with Crippen LogP contribution in [0.2, 0.25) is 0 Å². The van der Waals surface area contributed by atoms with Crippen molar-refractivity contribution >= 4 is 5.91 Å². The fourth-order valence-electron chi connectivity index (χ4n) is 3.17. The van der Waals surface area contributed by atoms with Crippen LogP contribution >= 0.6 is 0 Å². The number of ether oxygens (including phenoxy) is 2. The number of rotatable bonds is 5. The maximum Gasteiger partial charge on any atom is 0.253 e. The van der Waals surface area contributed by atoms with Crippen molar-refractivity contribution in [1.29, 1.82) is 0 Å². The van der Waals surface area contributed by atoms with Crippen LogP contribution in [0.4, 0.5) is 0 Å². The van der Waals surface area contributed by atoms with Gasteiger partial charge in [0.2, 0.25) is 0 Å². The van der Waals surface area contributed by atoms with Gasteiger partial charge in [0.15, 0.2) is 11.5 Å². The predicted molar refractivity (Wildman–Crippen MR) is 92.3 cm³/mol. The molecule has 0 radical (unpaired) electrons. The van der Waals surface area contributed by atoms with Gasteiger partial charge < -0.3 is 14.4 Å². The van der Waals surface area contributed by atoms with E-state index < -0.39 is 0 Å². The van der Waals surface area contributed by atoms with Crippen LogP contribution in [0.5, 0.6) is 11.5 Å². The van der Waals surface area contributed by atoms with Gasteiger partial charge in [-0.3, -0.25) is 4.79 Å². The van der Waals surface area contributed by atoms with Crippen LogP contribution in [0.1, 0.15) is 62.7 Å². The molecule has 1 aliphatic rings. The molecule has 0 heterocycles. The topological polar surface area (TPSA) is 38.8 Å². The number of methoxy groups -OCH3 is 1. The number of hydrogen-bond donors (Lipinski definition) is 0. The Labute approximate surface area is 139 Å². The summed E-state index contributed by atoms with van der Waals surface area (Å²) in [5.41, 5.74) is 0.657. The lowest BCUT2D eigenvalue weighted by Crippen LogP contribution is -2.36. The molecule has 0 N–H and O–H groups in total. The summed E-state index contributed by atoms with van der Waals surface area (Å²) in [5, 5.41) is 0. The van der Waals surface area contributed by atoms with Crippen LogP contribution in [0.15, 0.2) is 18.2 Å². The number of benzene rings is 1. The lowest BCUT2D eigenvalue weighted by molar-refractivity contribution is 0.0717. The summed E-state index contributed by atoms with van der Waals surface area (Å²) in [5.74, 6) is 1.35. The van der Waals surface area contributed by atoms with Gasteiger partial charge in [-0.05, 0) is 44.9 Å². The quantitative estimate of drug-likeness (QED) is 0.761. The molecule has 0 atom stereocenters. The zero-order valence-electron chi connectivity index (χ0n) is 14.8. The van der Waals surface area contributed by atoms with Gasteiger partial charge in [-0.25, -0.2) is 0 Å². The Morgan fingerprint density at radius 2 is 1.78 bits per heavy atom. The summed E-state index contributed by atoms with van der Waals surface area (Å²) in [6, 6.07) is 5.79. The molecule has 0 unspecified atom stereocenters. The molecule has 0 bridgehead atoms. The molecule has 1 aromatic carbocycles. The average molecular weight is 319 g/mol. The third-order valence-electron chi connectivity index (χ3n) is 4.47. The lowest BCUT2D eigenvalue weighted by atomic mass is 10.1. The highest BCUT2D eigenvalue weighted by Gasteiger charge is 2.23. The normalized spacial score (nSPS) is 16.0. The minimum absolute atomic E-state index is 0.0614. The second-order valence-electron chi connectivity index (χ2n) is 6.59. The molecule has 0 aliphatic heterocycles. The predicted octanol–water partition coefficient (Wildman–Crippen LogP) is 4.28. The van der Waals surface area contributed by atoms with Crippen molar-refractivity contribution in [3.63, 3.8) is 0 Å². The third kappa shape index (κ3) is 4.63. The van der Waals surface area contributed by atoms with E-state index in [-0.39, 0.29) is 12.0 Å². The summed E-state index contributed by atoms with van der Waals surface area (Å²) < 4.78 is 11.1. The molecule has 23 heavy (non-hydrogen) atoms. The second kappa shape index (κ2) is 8.23. The molecular formula is C19H29NO3. The van der Waals surface area contributed by atoms with Crippen molar-refractivity contribution in [2.75, 3.05) is 14.2 Å². The second-order valence-corrected chi connectivity index (χ2v) is 6.59. The van der Waals surface area contributed by atoms with E-state index in [1.165, 1.54) is 25.7 Å². The SMILES string of the molecule is COc1cc(C(=O)N(C)C2CCCCCC2)ccc1OC(C)C. The molecular weight excluding hydrogens is 290 g/mol. The molecule has 2 rings (SSSR count). The number of carbonyl (C=O) groups excluding carboxylic acids is 1. The molecule has 4 heteroatoms. The summed E-state index contributed by atoms with van der Waals surface area (Å²) in [6.45, 7) is 3.94. The summed E-state index contributed by atoms with van der Waals surface area (Å²) in [7, 11) is 3.52. The van der Waals surface area contributed by atoms with Crippen molar-refractivity contribution in [1.82, 2.24) is 4.90 Å². The van der Waals surface area contributed by atoms with Crippen LogP contribution in [0, 0.1) is 0 Å². The molecule has 1 saturated carbocycles. The van der Waals surface area contributed by atoms with Crippen molar-refractivity contribution in [3.05, 3.63) is 23.8 Å². The highest BCUT2D eigenvalue weighted by atomic mass is 16.5. The fraction of sp³-hybridized carbons (Fsp3) is 0.632. The Morgan fingerprint density at radius 1 is 1.13 bits per heavy atom. The highest BCUT2D eigenvalue weighted by Crippen LogP contribution is 2.30. The number of hydrogen-bond acceptors (Lipinski definition) is 3. The third-order valence-corrected chi connectivity index (χ3v) is 4.47. The molecule has 128 valence electrons. The first-order valence-electron chi connectivity index (χ1n) is 8.64. The van der Waals surface area contributed by atoms with Gasteiger partial charge >= 0.3 is 0 Å². The Bertz CT molecular complexity index is 519. The summed E-state index contributed by atoms with van der Waals surface area (Å²) in [6.07, 6.45) is 7.28. The minimum atomic E-state index is 0.0614. The Morgan fingerprint density at radius 3 is 2.35 bits per heavy atom. The fourth-order valence-corrected chi connectivity index (χ4v) is 3.17. The van der Waals surface area contributed by atoms with Crippen LogP contribution in [-0.4, -0.2) is 37.1 Å². The zero-order valence-corrected chi connectivity index (χ0v) is 14.8. The Balaban J connectivity index is 2.14. The Hall–Kier alpha value is -1.71. The first-order chi connectivity index (χ1) is 11.0. The lowest BCUT2D eigenvalue weighted by Gasteiger charge is -2.27. The van der Waals surface area contributed by atoms with Crippen LogP contribution in [0.3, 0.4) is 0 Å². The van der Waals surface area contributed by atoms with Crippen LogP contribution in [0.25, 0.3) is 0 Å². The van der Waals surface area contributed by atoms with E-state index in [9.17, 15) is 4.79 Å². The summed E-state index contributed by atoms with van der Waals surface area (Å²) in [4.78, 5) is 14.7. The van der Waals surface area contributed by atoms with Crippen LogP contribution < -0.4 is 9.47 Å². The van der Waals surface area contributed by atoms with Gasteiger partial charge in [-0.2, -0.15) is 0 Å². The van der Waals surface area contributed by atoms with E-state index in [4.69, 9.17) is 9.47 Å². The number of carbonyl (C=O) groups is 1. The van der Waals surface area contributed by atoms with E-state index in [0.717, 1.165) is 12.8 Å². The van der Waals surface area contributed by atoms with Gasteiger partial charge in [0, 0.05) is 18.7 Å². The first-order valence-corrected chi connectivity index (χ1v) is 8.64. The molecule has 1 aliphatic carbocycles. The van der Waals surface area contributed by atoms with Crippen molar-refractivity contribution < 1.29 is 14.3 Å². The van der Waals surface area contributed by atoms with Crippen molar-refractivity contribution in [3.8, 4) is 11.5 Å². The molecule has 1 fully saturated rings. The molecule has 1 aromatic rings. The van der Waals surface area contributed by atoms with Crippen molar-refractivity contribution in [2.24, 2.45) is 0 Å². The van der Waals surface area contributed by atoms with Gasteiger partial charge in [-0.15, -0.1) is 0 Å². The van der Waals surface area contributed by atoms with E-state index in [2.05, 4.69) is 0 Å².